The van der Waals surface area contributed by atoms with E-state index >= 15 is 0 Å². The molecule has 6 nitrogen and oxygen atoms in total. The highest BCUT2D eigenvalue weighted by Gasteiger charge is 2.40. The molecule has 0 atom stereocenters. The summed E-state index contributed by atoms with van der Waals surface area (Å²) in [6, 6.07) is 8.47. The zero-order valence-electron chi connectivity index (χ0n) is 17.4. The lowest BCUT2D eigenvalue weighted by molar-refractivity contribution is -0.139. The van der Waals surface area contributed by atoms with Crippen molar-refractivity contribution in [1.29, 1.82) is 0 Å². The maximum atomic E-state index is 12.4. The van der Waals surface area contributed by atoms with E-state index in [4.69, 9.17) is 4.74 Å². The third-order valence-corrected chi connectivity index (χ3v) is 6.51. The largest absolute Gasteiger partial charge is 0.494 e. The molecule has 1 spiro atoms. The van der Waals surface area contributed by atoms with Gasteiger partial charge in [0.2, 0.25) is 5.91 Å². The summed E-state index contributed by atoms with van der Waals surface area (Å²) >= 11 is 0. The van der Waals surface area contributed by atoms with Crippen LogP contribution in [-0.4, -0.2) is 58.5 Å². The predicted molar refractivity (Wildman–Crippen MR) is 113 cm³/mol. The Kier molecular flexibility index (Phi) is 6.19. The molecule has 0 bridgehead atoms. The van der Waals surface area contributed by atoms with Gasteiger partial charge in [-0.2, -0.15) is 0 Å². The summed E-state index contributed by atoms with van der Waals surface area (Å²) in [4.78, 5) is 24.3. The van der Waals surface area contributed by atoms with Gasteiger partial charge in [0.05, 0.1) is 12.9 Å². The van der Waals surface area contributed by atoms with E-state index in [1.165, 1.54) is 18.4 Å². The Morgan fingerprint density at radius 3 is 2.66 bits per heavy atom. The molecular formula is C23H32N4O2. The van der Waals surface area contributed by atoms with Gasteiger partial charge >= 0.3 is 0 Å². The number of imidazole rings is 1. The van der Waals surface area contributed by atoms with E-state index in [-0.39, 0.29) is 0 Å². The first-order chi connectivity index (χ1) is 14.2. The molecule has 2 aliphatic rings. The molecule has 0 aliphatic carbocycles. The number of hydrogen-bond acceptors (Lipinski definition) is 4. The molecule has 2 saturated heterocycles. The number of H-pyrrole nitrogens is 1. The maximum Gasteiger partial charge on any atom is 0.222 e. The highest BCUT2D eigenvalue weighted by atomic mass is 16.5. The maximum absolute atomic E-state index is 12.4. The van der Waals surface area contributed by atoms with Crippen molar-refractivity contribution in [3.63, 3.8) is 0 Å². The van der Waals surface area contributed by atoms with Crippen molar-refractivity contribution in [3.8, 4) is 5.75 Å². The molecule has 1 amide bonds. The second kappa shape index (κ2) is 8.99. The minimum Gasteiger partial charge on any atom is -0.494 e. The number of benzene rings is 1. The summed E-state index contributed by atoms with van der Waals surface area (Å²) in [6.45, 7) is 7.62. The SMILES string of the molecule is CCOc1ccc(CN2CCC3(CCC(=O)N(CCc4cnc[nH]4)C3)CC2)cc1. The highest BCUT2D eigenvalue weighted by molar-refractivity contribution is 5.77. The Labute approximate surface area is 173 Å². The van der Waals surface area contributed by atoms with Gasteiger partial charge in [0.25, 0.3) is 0 Å². The van der Waals surface area contributed by atoms with E-state index in [1.54, 1.807) is 6.33 Å². The fourth-order valence-corrected chi connectivity index (χ4v) is 4.69. The van der Waals surface area contributed by atoms with Crippen LogP contribution in [0.25, 0.3) is 0 Å². The fraction of sp³-hybridized carbons (Fsp3) is 0.565. The average Bonchev–Trinajstić information content (AvgIpc) is 3.26. The molecule has 29 heavy (non-hydrogen) atoms. The number of ether oxygens (including phenoxy) is 1. The molecule has 1 aromatic carbocycles. The highest BCUT2D eigenvalue weighted by Crippen LogP contribution is 2.40. The summed E-state index contributed by atoms with van der Waals surface area (Å²) in [5, 5.41) is 0. The summed E-state index contributed by atoms with van der Waals surface area (Å²) in [5.41, 5.74) is 2.74. The monoisotopic (exact) mass is 396 g/mol. The third kappa shape index (κ3) is 4.99. The molecule has 2 fully saturated rings. The molecule has 0 unspecified atom stereocenters. The van der Waals surface area contributed by atoms with Crippen LogP contribution in [0.4, 0.5) is 0 Å². The van der Waals surface area contributed by atoms with Crippen molar-refractivity contribution in [2.24, 2.45) is 5.41 Å². The van der Waals surface area contributed by atoms with E-state index in [1.807, 2.05) is 13.1 Å². The Morgan fingerprint density at radius 2 is 1.97 bits per heavy atom. The van der Waals surface area contributed by atoms with Gasteiger partial charge in [0, 0.05) is 44.4 Å². The van der Waals surface area contributed by atoms with Gasteiger partial charge < -0.3 is 14.6 Å². The van der Waals surface area contributed by atoms with Gasteiger partial charge in [-0.1, -0.05) is 12.1 Å². The number of carbonyl (C=O) groups is 1. The van der Waals surface area contributed by atoms with Crippen molar-refractivity contribution < 1.29 is 9.53 Å². The van der Waals surface area contributed by atoms with Crippen molar-refractivity contribution in [3.05, 3.63) is 48.0 Å². The first kappa shape index (κ1) is 20.0. The quantitative estimate of drug-likeness (QED) is 0.780. The number of aromatic nitrogens is 2. The van der Waals surface area contributed by atoms with Crippen LogP contribution in [0.1, 0.15) is 43.9 Å². The van der Waals surface area contributed by atoms with Crippen LogP contribution in [0.5, 0.6) is 5.75 Å². The summed E-state index contributed by atoms with van der Waals surface area (Å²) < 4.78 is 5.54. The van der Waals surface area contributed by atoms with Crippen LogP contribution in [0, 0.1) is 5.41 Å². The van der Waals surface area contributed by atoms with Gasteiger partial charge in [0.15, 0.2) is 0 Å². The Hall–Kier alpha value is -2.34. The van der Waals surface area contributed by atoms with Crippen molar-refractivity contribution in [2.75, 3.05) is 32.8 Å². The molecule has 156 valence electrons. The van der Waals surface area contributed by atoms with Gasteiger partial charge in [0.1, 0.15) is 5.75 Å². The van der Waals surface area contributed by atoms with E-state index in [2.05, 4.69) is 44.0 Å². The molecule has 1 N–H and O–H groups in total. The van der Waals surface area contributed by atoms with Gasteiger partial charge in [-0.05, 0) is 62.4 Å². The van der Waals surface area contributed by atoms with Crippen molar-refractivity contribution in [2.45, 2.75) is 45.6 Å². The molecule has 0 radical (unpaired) electrons. The molecule has 2 aliphatic heterocycles. The van der Waals surface area contributed by atoms with Gasteiger partial charge in [-0.15, -0.1) is 0 Å². The lowest BCUT2D eigenvalue weighted by Crippen LogP contribution is -2.51. The lowest BCUT2D eigenvalue weighted by atomic mass is 9.72. The van der Waals surface area contributed by atoms with Crippen molar-refractivity contribution >= 4 is 5.91 Å². The fourth-order valence-electron chi connectivity index (χ4n) is 4.69. The summed E-state index contributed by atoms with van der Waals surface area (Å²) in [7, 11) is 0. The smallest absolute Gasteiger partial charge is 0.222 e. The zero-order valence-corrected chi connectivity index (χ0v) is 17.4. The van der Waals surface area contributed by atoms with Crippen LogP contribution in [-0.2, 0) is 17.8 Å². The number of nitrogens with one attached hydrogen (secondary N) is 1. The van der Waals surface area contributed by atoms with E-state index in [0.717, 1.165) is 57.0 Å². The lowest BCUT2D eigenvalue weighted by Gasteiger charge is -2.47. The topological polar surface area (TPSA) is 61.5 Å². The van der Waals surface area contributed by atoms with Gasteiger partial charge in [-0.3, -0.25) is 9.69 Å². The minimum absolute atomic E-state index is 0.303. The molecule has 2 aromatic rings. The van der Waals surface area contributed by atoms with E-state index in [0.29, 0.717) is 24.3 Å². The number of piperidine rings is 2. The Morgan fingerprint density at radius 1 is 1.17 bits per heavy atom. The van der Waals surface area contributed by atoms with Crippen molar-refractivity contribution in [1.82, 2.24) is 19.8 Å². The normalized spacial score (nSPS) is 19.6. The van der Waals surface area contributed by atoms with Crippen LogP contribution in [0.15, 0.2) is 36.8 Å². The summed E-state index contributed by atoms with van der Waals surface area (Å²) in [5.74, 6) is 1.25. The van der Waals surface area contributed by atoms with E-state index in [9.17, 15) is 4.79 Å². The Bertz CT molecular complexity index is 780. The number of rotatable bonds is 7. The number of carbonyl (C=O) groups excluding carboxylic acids is 1. The van der Waals surface area contributed by atoms with E-state index < -0.39 is 0 Å². The molecule has 6 heteroatoms. The van der Waals surface area contributed by atoms with Crippen LogP contribution < -0.4 is 4.74 Å². The molecule has 1 aromatic heterocycles. The number of amides is 1. The second-order valence-electron chi connectivity index (χ2n) is 8.50. The van der Waals surface area contributed by atoms with Crippen LogP contribution in [0.3, 0.4) is 0 Å². The number of hydrogen-bond donors (Lipinski definition) is 1. The molecule has 3 heterocycles. The Balaban J connectivity index is 1.28. The number of nitrogens with zero attached hydrogens (tertiary/aromatic N) is 3. The molecule has 0 saturated carbocycles. The first-order valence-corrected chi connectivity index (χ1v) is 10.8. The first-order valence-electron chi connectivity index (χ1n) is 10.8. The number of likely N-dealkylation sites (tertiary alicyclic amines) is 2. The predicted octanol–water partition coefficient (Wildman–Crippen LogP) is 3.26. The average molecular weight is 397 g/mol. The van der Waals surface area contributed by atoms with Crippen LogP contribution >= 0.6 is 0 Å². The third-order valence-electron chi connectivity index (χ3n) is 6.51. The number of aromatic amines is 1. The van der Waals surface area contributed by atoms with Crippen LogP contribution in [0.2, 0.25) is 0 Å². The van der Waals surface area contributed by atoms with Gasteiger partial charge in [-0.25, -0.2) is 4.98 Å². The molecule has 4 rings (SSSR count). The zero-order chi connectivity index (χ0) is 20.1. The second-order valence-corrected chi connectivity index (χ2v) is 8.50. The standard InChI is InChI=1S/C23H32N4O2/c1-2-29-21-5-3-19(4-6-21)16-26-13-10-23(11-14-26)9-7-22(28)27(17-23)12-8-20-15-24-18-25-20/h3-6,15,18H,2,7-14,16-17H2,1H3,(H,24,25). The molecular weight excluding hydrogens is 364 g/mol. The minimum atomic E-state index is 0.303. The summed E-state index contributed by atoms with van der Waals surface area (Å²) in [6.07, 6.45) is 8.51.